The zero-order valence-electron chi connectivity index (χ0n) is 14.8. The molecule has 0 amide bonds. The van der Waals surface area contributed by atoms with Crippen LogP contribution in [0.3, 0.4) is 0 Å². The maximum absolute atomic E-state index is 10.4. The molecule has 2 bridgehead atoms. The Hall–Kier alpha value is -2.93. The number of piperidine rings is 1. The van der Waals surface area contributed by atoms with Gasteiger partial charge in [-0.1, -0.05) is 6.07 Å². The van der Waals surface area contributed by atoms with Crippen LogP contribution in [0.4, 0.5) is 0 Å². The molecule has 5 rings (SSSR count). The Kier molecular flexibility index (Phi) is 4.01. The molecule has 2 fully saturated rings. The van der Waals surface area contributed by atoms with Gasteiger partial charge in [0.25, 0.3) is 0 Å². The molecule has 0 unspecified atom stereocenters. The molecule has 138 valence electrons. The predicted molar refractivity (Wildman–Crippen MR) is 100 cm³/mol. The van der Waals surface area contributed by atoms with Gasteiger partial charge in [-0.05, 0) is 49.4 Å². The first-order valence-electron chi connectivity index (χ1n) is 9.33. The van der Waals surface area contributed by atoms with Crippen molar-refractivity contribution in [3.63, 3.8) is 0 Å². The fraction of sp³-hybridized carbons (Fsp3) is 0.350. The monoisotopic (exact) mass is 363 g/mol. The van der Waals surface area contributed by atoms with Crippen molar-refractivity contribution in [1.29, 1.82) is 0 Å². The topological polar surface area (TPSA) is 96.0 Å². The fourth-order valence-electron chi connectivity index (χ4n) is 4.14. The van der Waals surface area contributed by atoms with Gasteiger partial charge in [0.05, 0.1) is 11.9 Å². The van der Waals surface area contributed by atoms with Gasteiger partial charge in [-0.15, -0.1) is 10.2 Å². The second kappa shape index (κ2) is 6.66. The number of aromatic hydroxyl groups is 1. The van der Waals surface area contributed by atoms with E-state index >= 15 is 0 Å². The van der Waals surface area contributed by atoms with Gasteiger partial charge in [0.2, 0.25) is 5.88 Å². The molecule has 2 aliphatic rings. The Balaban J connectivity index is 1.31. The average Bonchev–Trinajstić information content (AvgIpc) is 3.32. The van der Waals surface area contributed by atoms with E-state index < -0.39 is 0 Å². The maximum atomic E-state index is 10.4. The number of hydrogen-bond acceptors (Lipinski definition) is 6. The van der Waals surface area contributed by atoms with Crippen LogP contribution in [-0.2, 0) is 0 Å². The average molecular weight is 363 g/mol. The number of H-pyrrole nitrogens is 1. The first-order chi connectivity index (χ1) is 13.2. The molecule has 7 nitrogen and oxygen atoms in total. The minimum Gasteiger partial charge on any atom is -0.507 e. The van der Waals surface area contributed by atoms with E-state index in [4.69, 9.17) is 4.74 Å². The fourth-order valence-corrected chi connectivity index (χ4v) is 4.14. The predicted octanol–water partition coefficient (Wildman–Crippen LogP) is 2.90. The summed E-state index contributed by atoms with van der Waals surface area (Å²) in [7, 11) is 0. The van der Waals surface area contributed by atoms with Crippen molar-refractivity contribution in [3.8, 4) is 34.0 Å². The van der Waals surface area contributed by atoms with Crippen molar-refractivity contribution in [2.24, 2.45) is 0 Å². The summed E-state index contributed by atoms with van der Waals surface area (Å²) in [4.78, 5) is 0. The quantitative estimate of drug-likeness (QED) is 0.660. The molecule has 0 spiro atoms. The zero-order valence-corrected chi connectivity index (χ0v) is 14.8. The highest BCUT2D eigenvalue weighted by Crippen LogP contribution is 2.33. The van der Waals surface area contributed by atoms with Crippen LogP contribution in [0.2, 0.25) is 0 Å². The number of ether oxygens (including phenoxy) is 1. The number of aromatic nitrogens is 4. The molecule has 3 N–H and O–H groups in total. The summed E-state index contributed by atoms with van der Waals surface area (Å²) >= 11 is 0. The summed E-state index contributed by atoms with van der Waals surface area (Å²) in [5, 5.41) is 29.2. The lowest BCUT2D eigenvalue weighted by Gasteiger charge is -2.28. The molecule has 0 radical (unpaired) electrons. The van der Waals surface area contributed by atoms with Crippen molar-refractivity contribution in [1.82, 2.24) is 25.7 Å². The van der Waals surface area contributed by atoms with E-state index in [-0.39, 0.29) is 11.9 Å². The molecule has 0 saturated carbocycles. The Bertz CT molecular complexity index is 914. The smallest absolute Gasteiger partial charge is 0.233 e. The summed E-state index contributed by atoms with van der Waals surface area (Å²) in [6, 6.07) is 10.3. The molecule has 4 heterocycles. The highest BCUT2D eigenvalue weighted by atomic mass is 16.5. The lowest BCUT2D eigenvalue weighted by Crippen LogP contribution is -2.42. The Morgan fingerprint density at radius 2 is 1.85 bits per heavy atom. The molecule has 2 saturated heterocycles. The molecular weight excluding hydrogens is 342 g/mol. The van der Waals surface area contributed by atoms with E-state index in [0.717, 1.165) is 24.0 Å². The van der Waals surface area contributed by atoms with Crippen LogP contribution in [0.15, 0.2) is 42.7 Å². The molecule has 27 heavy (non-hydrogen) atoms. The van der Waals surface area contributed by atoms with Gasteiger partial charge in [-0.25, -0.2) is 0 Å². The maximum Gasteiger partial charge on any atom is 0.233 e. The van der Waals surface area contributed by atoms with Crippen LogP contribution in [0.1, 0.15) is 25.7 Å². The summed E-state index contributed by atoms with van der Waals surface area (Å²) < 4.78 is 6.04. The Morgan fingerprint density at radius 3 is 2.52 bits per heavy atom. The minimum absolute atomic E-state index is 0.159. The van der Waals surface area contributed by atoms with E-state index in [1.54, 1.807) is 18.5 Å². The van der Waals surface area contributed by atoms with E-state index in [9.17, 15) is 5.11 Å². The number of fused-ring (bicyclic) bond motifs is 2. The molecule has 7 heteroatoms. The zero-order chi connectivity index (χ0) is 18.2. The molecule has 1 aromatic carbocycles. The lowest BCUT2D eigenvalue weighted by atomic mass is 10.0. The van der Waals surface area contributed by atoms with Gasteiger partial charge in [0, 0.05) is 35.5 Å². The van der Waals surface area contributed by atoms with Crippen LogP contribution in [0.5, 0.6) is 11.6 Å². The summed E-state index contributed by atoms with van der Waals surface area (Å²) in [5.41, 5.74) is 3.06. The molecule has 3 aromatic rings. The third kappa shape index (κ3) is 3.26. The second-order valence-electron chi connectivity index (χ2n) is 7.32. The molecule has 2 aromatic heterocycles. The van der Waals surface area contributed by atoms with Gasteiger partial charge in [0.15, 0.2) is 0 Å². The van der Waals surface area contributed by atoms with Crippen LogP contribution >= 0.6 is 0 Å². The summed E-state index contributed by atoms with van der Waals surface area (Å²) in [6.07, 6.45) is 8.23. The normalized spacial score (nSPS) is 24.1. The van der Waals surface area contributed by atoms with E-state index in [1.165, 1.54) is 12.8 Å². The first-order valence-corrected chi connectivity index (χ1v) is 9.33. The Labute approximate surface area is 156 Å². The number of phenolic OH excluding ortho intramolecular Hbond substituents is 1. The lowest BCUT2D eigenvalue weighted by molar-refractivity contribution is 0.130. The van der Waals surface area contributed by atoms with Crippen molar-refractivity contribution >= 4 is 0 Å². The number of phenols is 1. The third-order valence-corrected chi connectivity index (χ3v) is 5.46. The van der Waals surface area contributed by atoms with Gasteiger partial charge >= 0.3 is 0 Å². The molecule has 0 aliphatic carbocycles. The van der Waals surface area contributed by atoms with E-state index in [1.807, 2.05) is 24.3 Å². The Morgan fingerprint density at radius 1 is 1.00 bits per heavy atom. The molecule has 2 aliphatic heterocycles. The third-order valence-electron chi connectivity index (χ3n) is 5.46. The number of aromatic amines is 1. The van der Waals surface area contributed by atoms with Crippen molar-refractivity contribution in [3.05, 3.63) is 42.7 Å². The van der Waals surface area contributed by atoms with E-state index in [0.29, 0.717) is 29.2 Å². The van der Waals surface area contributed by atoms with Crippen LogP contribution in [0.25, 0.3) is 22.4 Å². The number of rotatable bonds is 4. The van der Waals surface area contributed by atoms with Gasteiger partial charge in [-0.2, -0.15) is 5.10 Å². The first kappa shape index (κ1) is 16.3. The van der Waals surface area contributed by atoms with Gasteiger partial charge < -0.3 is 15.2 Å². The second-order valence-corrected chi connectivity index (χ2v) is 7.32. The summed E-state index contributed by atoms with van der Waals surface area (Å²) in [5.74, 6) is 0.700. The van der Waals surface area contributed by atoms with Crippen LogP contribution < -0.4 is 10.1 Å². The number of nitrogens with zero attached hydrogens (tertiary/aromatic N) is 3. The standard InChI is InChI=1S/C20H21N5O2/c26-19-7-12(13-10-21-22-11-13)1-4-17(19)18-5-6-20(25-24-18)27-16-8-14-2-3-15(9-16)23-14/h1,4-7,10-11,14-16,23,26H,2-3,8-9H2,(H,21,22)/t14-,15+,16-. The number of nitrogens with one attached hydrogen (secondary N) is 2. The SMILES string of the molecule is Oc1cc(-c2cn[nH]c2)ccc1-c1ccc(O[C@@H]2C[C@H]3CC[C@@H](C2)N3)nn1. The highest BCUT2D eigenvalue weighted by Gasteiger charge is 2.34. The molecular formula is C20H21N5O2. The number of hydrogen-bond donors (Lipinski definition) is 3. The van der Waals surface area contributed by atoms with Crippen molar-refractivity contribution in [2.75, 3.05) is 0 Å². The van der Waals surface area contributed by atoms with Gasteiger partial charge in [0.1, 0.15) is 11.9 Å². The van der Waals surface area contributed by atoms with Crippen LogP contribution in [-0.4, -0.2) is 43.7 Å². The van der Waals surface area contributed by atoms with Gasteiger partial charge in [-0.3, -0.25) is 5.10 Å². The minimum atomic E-state index is 0.159. The largest absolute Gasteiger partial charge is 0.507 e. The van der Waals surface area contributed by atoms with Crippen molar-refractivity contribution < 1.29 is 9.84 Å². The van der Waals surface area contributed by atoms with E-state index in [2.05, 4.69) is 25.7 Å². The highest BCUT2D eigenvalue weighted by molar-refractivity contribution is 5.73. The van der Waals surface area contributed by atoms with Crippen LogP contribution in [0, 0.1) is 0 Å². The van der Waals surface area contributed by atoms with Crippen molar-refractivity contribution in [2.45, 2.75) is 43.9 Å². The molecule has 3 atom stereocenters. The number of benzene rings is 1. The summed E-state index contributed by atoms with van der Waals surface area (Å²) in [6.45, 7) is 0.